The Morgan fingerprint density at radius 3 is 2.78 bits per heavy atom. The summed E-state index contributed by atoms with van der Waals surface area (Å²) in [6.45, 7) is 2.88. The minimum Gasteiger partial charge on any atom is -0.445 e. The first-order chi connectivity index (χ1) is 13.1. The van der Waals surface area contributed by atoms with Crippen molar-refractivity contribution >= 4 is 11.7 Å². The molecule has 1 fully saturated rings. The Kier molecular flexibility index (Phi) is 4.94. The molecule has 0 spiro atoms. The first-order valence-corrected chi connectivity index (χ1v) is 9.16. The van der Waals surface area contributed by atoms with Crippen LogP contribution in [0.3, 0.4) is 0 Å². The fourth-order valence-corrected chi connectivity index (χ4v) is 3.68. The van der Waals surface area contributed by atoms with Gasteiger partial charge in [0.15, 0.2) is 0 Å². The fourth-order valence-electron chi connectivity index (χ4n) is 3.68. The Morgan fingerprint density at radius 1 is 1.22 bits per heavy atom. The molecule has 2 heterocycles. The van der Waals surface area contributed by atoms with Gasteiger partial charge in [0.05, 0.1) is 25.3 Å². The first kappa shape index (κ1) is 17.7. The van der Waals surface area contributed by atoms with Crippen molar-refractivity contribution in [1.29, 1.82) is 0 Å². The lowest BCUT2D eigenvalue weighted by molar-refractivity contribution is -0.0342. The van der Waals surface area contributed by atoms with Crippen LogP contribution in [0.5, 0.6) is 0 Å². The third-order valence-electron chi connectivity index (χ3n) is 5.16. The Labute approximate surface area is 158 Å². The number of hydrogen-bond donors (Lipinski definition) is 0. The fraction of sp³-hybridized carbons (Fsp3) is 0.318. The maximum Gasteiger partial charge on any atom is 0.411 e. The molecule has 1 saturated heterocycles. The lowest BCUT2D eigenvalue weighted by Crippen LogP contribution is -2.56. The molecule has 2 aromatic rings. The van der Waals surface area contributed by atoms with Crippen LogP contribution in [0.1, 0.15) is 23.1 Å². The van der Waals surface area contributed by atoms with E-state index in [0.29, 0.717) is 25.2 Å². The minimum atomic E-state index is -0.331. The molecular weight excluding hydrogens is 345 g/mol. The van der Waals surface area contributed by atoms with Gasteiger partial charge < -0.3 is 9.47 Å². The molecule has 0 saturated carbocycles. The van der Waals surface area contributed by atoms with Gasteiger partial charge in [-0.05, 0) is 41.7 Å². The van der Waals surface area contributed by atoms with Gasteiger partial charge in [0.25, 0.3) is 0 Å². The van der Waals surface area contributed by atoms with Crippen LogP contribution in [0.15, 0.2) is 54.6 Å². The average molecular weight is 367 g/mol. The van der Waals surface area contributed by atoms with E-state index in [-0.39, 0.29) is 30.6 Å². The maximum atomic E-state index is 14.0. The van der Waals surface area contributed by atoms with E-state index in [0.717, 1.165) is 16.7 Å². The number of rotatable bonds is 3. The first-order valence-electron chi connectivity index (χ1n) is 9.16. The molecular formula is C22H22FNO3. The summed E-state index contributed by atoms with van der Waals surface area (Å²) in [7, 11) is 0. The molecule has 0 N–H and O–H groups in total. The van der Waals surface area contributed by atoms with E-state index in [1.165, 1.54) is 0 Å². The van der Waals surface area contributed by atoms with Crippen molar-refractivity contribution in [2.45, 2.75) is 32.0 Å². The number of morpholine rings is 1. The molecule has 0 aromatic heterocycles. The van der Waals surface area contributed by atoms with E-state index < -0.39 is 0 Å². The number of benzene rings is 2. The van der Waals surface area contributed by atoms with Gasteiger partial charge in [0.1, 0.15) is 12.4 Å². The van der Waals surface area contributed by atoms with Crippen molar-refractivity contribution in [2.24, 2.45) is 0 Å². The Balaban J connectivity index is 1.51. The zero-order chi connectivity index (χ0) is 18.8. The third kappa shape index (κ3) is 3.74. The quantitative estimate of drug-likeness (QED) is 0.811. The molecule has 0 radical (unpaired) electrons. The number of carbonyl (C=O) groups is 1. The van der Waals surface area contributed by atoms with Gasteiger partial charge in [-0.2, -0.15) is 0 Å². The molecule has 2 atom stereocenters. The van der Waals surface area contributed by atoms with E-state index in [1.807, 2.05) is 42.5 Å². The molecule has 4 nitrogen and oxygen atoms in total. The minimum absolute atomic E-state index is 0.101. The summed E-state index contributed by atoms with van der Waals surface area (Å²) >= 11 is 0. The van der Waals surface area contributed by atoms with Crippen molar-refractivity contribution in [3.05, 3.63) is 77.1 Å². The van der Waals surface area contributed by atoms with Crippen LogP contribution in [0.4, 0.5) is 9.18 Å². The molecule has 5 heteroatoms. The van der Waals surface area contributed by atoms with Gasteiger partial charge in [0.2, 0.25) is 0 Å². The van der Waals surface area contributed by atoms with Crippen LogP contribution in [-0.2, 0) is 16.1 Å². The van der Waals surface area contributed by atoms with Gasteiger partial charge in [-0.3, -0.25) is 4.90 Å². The molecule has 2 aliphatic heterocycles. The number of carbonyl (C=O) groups excluding carboxylic acids is 1. The number of fused-ring (bicyclic) bond motifs is 2. The second kappa shape index (κ2) is 7.53. The smallest absolute Gasteiger partial charge is 0.411 e. The summed E-state index contributed by atoms with van der Waals surface area (Å²) in [5.74, 6) is -0.209. The molecule has 4 rings (SSSR count). The van der Waals surface area contributed by atoms with Crippen LogP contribution >= 0.6 is 0 Å². The highest BCUT2D eigenvalue weighted by Crippen LogP contribution is 2.33. The van der Waals surface area contributed by atoms with E-state index in [4.69, 9.17) is 9.47 Å². The largest absolute Gasteiger partial charge is 0.445 e. The third-order valence-corrected chi connectivity index (χ3v) is 5.16. The van der Waals surface area contributed by atoms with Crippen LogP contribution < -0.4 is 0 Å². The highest BCUT2D eigenvalue weighted by molar-refractivity contribution is 5.74. The molecule has 0 aliphatic carbocycles. The number of hydrogen-bond acceptors (Lipinski definition) is 3. The predicted octanol–water partition coefficient (Wildman–Crippen LogP) is 4.33. The normalized spacial score (nSPS) is 21.6. The lowest BCUT2D eigenvalue weighted by atomic mass is 9.89. The van der Waals surface area contributed by atoms with Crippen LogP contribution in [0.2, 0.25) is 0 Å². The summed E-state index contributed by atoms with van der Waals surface area (Å²) in [6.07, 6.45) is 2.30. The number of halogens is 1. The van der Waals surface area contributed by atoms with E-state index in [9.17, 15) is 9.18 Å². The number of nitrogens with zero attached hydrogens (tertiary/aromatic N) is 1. The van der Waals surface area contributed by atoms with Gasteiger partial charge in [-0.1, -0.05) is 48.5 Å². The number of aryl methyl sites for hydroxylation is 1. The van der Waals surface area contributed by atoms with E-state index in [1.54, 1.807) is 24.0 Å². The highest BCUT2D eigenvalue weighted by Gasteiger charge is 2.39. The highest BCUT2D eigenvalue weighted by atomic mass is 19.1. The van der Waals surface area contributed by atoms with Gasteiger partial charge in [-0.15, -0.1) is 0 Å². The van der Waals surface area contributed by atoms with E-state index >= 15 is 0 Å². The Morgan fingerprint density at radius 2 is 2.04 bits per heavy atom. The molecule has 2 aliphatic rings. The summed E-state index contributed by atoms with van der Waals surface area (Å²) in [5, 5.41) is 0. The van der Waals surface area contributed by atoms with Gasteiger partial charge in [0, 0.05) is 0 Å². The molecule has 2 unspecified atom stereocenters. The molecule has 2 bridgehead atoms. The van der Waals surface area contributed by atoms with Crippen molar-refractivity contribution in [3.8, 4) is 0 Å². The SMILES string of the molecule is Cc1ccc(C2=CC3COCC(C2)N3C(=O)OCc2ccccc2)cc1F. The average Bonchev–Trinajstić information content (AvgIpc) is 2.68. The topological polar surface area (TPSA) is 38.8 Å². The summed E-state index contributed by atoms with van der Waals surface area (Å²) in [6, 6.07) is 14.6. The second-order valence-corrected chi connectivity index (χ2v) is 7.07. The number of amides is 1. The summed E-state index contributed by atoms with van der Waals surface area (Å²) in [5.41, 5.74) is 3.51. The molecule has 2 aromatic carbocycles. The van der Waals surface area contributed by atoms with Crippen LogP contribution in [0, 0.1) is 12.7 Å². The standard InChI is InChI=1S/C22H22FNO3/c1-15-7-8-17(11-21(15)23)18-9-19-13-26-14-20(10-18)24(19)22(25)27-12-16-5-3-2-4-6-16/h2-9,11,19-20H,10,12-14H2,1H3. The summed E-state index contributed by atoms with van der Waals surface area (Å²) in [4.78, 5) is 14.5. The molecule has 27 heavy (non-hydrogen) atoms. The Bertz CT molecular complexity index is 865. The predicted molar refractivity (Wildman–Crippen MR) is 101 cm³/mol. The summed E-state index contributed by atoms with van der Waals surface area (Å²) < 4.78 is 25.1. The van der Waals surface area contributed by atoms with Crippen molar-refractivity contribution < 1.29 is 18.7 Å². The zero-order valence-electron chi connectivity index (χ0n) is 15.2. The number of ether oxygens (including phenoxy) is 2. The maximum absolute atomic E-state index is 14.0. The van der Waals surface area contributed by atoms with Crippen molar-refractivity contribution in [3.63, 3.8) is 0 Å². The Hall–Kier alpha value is -2.66. The molecule has 140 valence electrons. The van der Waals surface area contributed by atoms with Gasteiger partial charge in [-0.25, -0.2) is 9.18 Å². The zero-order valence-corrected chi connectivity index (χ0v) is 15.2. The van der Waals surface area contributed by atoms with Crippen molar-refractivity contribution in [2.75, 3.05) is 13.2 Å². The van der Waals surface area contributed by atoms with E-state index in [2.05, 4.69) is 0 Å². The monoisotopic (exact) mass is 367 g/mol. The van der Waals surface area contributed by atoms with Gasteiger partial charge >= 0.3 is 6.09 Å². The van der Waals surface area contributed by atoms with Crippen LogP contribution in [0.25, 0.3) is 5.57 Å². The van der Waals surface area contributed by atoms with Crippen molar-refractivity contribution in [1.82, 2.24) is 4.90 Å². The lowest BCUT2D eigenvalue weighted by Gasteiger charge is -2.43. The molecule has 1 amide bonds. The van der Waals surface area contributed by atoms with Crippen LogP contribution in [-0.4, -0.2) is 36.3 Å². The second-order valence-electron chi connectivity index (χ2n) is 7.07.